The number of hydrogen-bond acceptors (Lipinski definition) is 8. The molecule has 0 unspecified atom stereocenters. The lowest BCUT2D eigenvalue weighted by atomic mass is 10.1. The number of aromatic nitrogens is 4. The quantitative estimate of drug-likeness (QED) is 0.336. The molecule has 1 saturated heterocycles. The number of nitrogens with one attached hydrogen (secondary N) is 2. The van der Waals surface area contributed by atoms with Gasteiger partial charge in [-0.2, -0.15) is 23.3 Å². The van der Waals surface area contributed by atoms with E-state index in [1.165, 1.54) is 12.1 Å². The normalized spacial score (nSPS) is 15.0. The zero-order chi connectivity index (χ0) is 27.6. The zero-order valence-electron chi connectivity index (χ0n) is 20.9. The lowest BCUT2D eigenvalue weighted by Gasteiger charge is -2.26. The van der Waals surface area contributed by atoms with E-state index in [1.807, 2.05) is 0 Å². The Morgan fingerprint density at radius 1 is 1.08 bits per heavy atom. The highest BCUT2D eigenvalue weighted by atomic mass is 32.2. The number of alkyl halides is 3. The monoisotopic (exact) mass is 561 g/mol. The topological polar surface area (TPSA) is 114 Å². The Balaban J connectivity index is 1.29. The SMILES string of the molecule is Cn1nc(-c2ccc(NS(=O)(=O)c3cccc(C(F)(F)F)c3)cc2)c2cnc(NCCN3CCOCC3)nc21. The standard InChI is InChI=1S/C25H26F3N7O3S/c1-34-23-21(16-30-24(31-23)29-9-10-35-11-13-38-14-12-35)22(32-34)17-5-7-19(8-6-17)33-39(36,37)20-4-2-3-18(15-20)25(26,27)28/h2-8,15-16,33H,9-14H2,1H3,(H,29,30,31). The van der Waals surface area contributed by atoms with Crippen molar-refractivity contribution in [2.75, 3.05) is 49.4 Å². The van der Waals surface area contributed by atoms with E-state index in [1.54, 1.807) is 30.1 Å². The molecule has 3 heterocycles. The highest BCUT2D eigenvalue weighted by molar-refractivity contribution is 7.92. The van der Waals surface area contributed by atoms with Crippen LogP contribution in [0.5, 0.6) is 0 Å². The molecule has 206 valence electrons. The van der Waals surface area contributed by atoms with Gasteiger partial charge in [-0.05, 0) is 30.3 Å². The average molecular weight is 562 g/mol. The van der Waals surface area contributed by atoms with Crippen LogP contribution in [0.1, 0.15) is 5.56 Å². The van der Waals surface area contributed by atoms with E-state index in [9.17, 15) is 21.6 Å². The largest absolute Gasteiger partial charge is 0.416 e. The van der Waals surface area contributed by atoms with Crippen molar-refractivity contribution in [3.63, 3.8) is 0 Å². The van der Waals surface area contributed by atoms with E-state index in [0.29, 0.717) is 40.9 Å². The Labute approximate surface area is 222 Å². The number of morpholine rings is 1. The summed E-state index contributed by atoms with van der Waals surface area (Å²) in [6.45, 7) is 4.82. The van der Waals surface area contributed by atoms with Gasteiger partial charge in [-0.15, -0.1) is 0 Å². The second-order valence-corrected chi connectivity index (χ2v) is 10.7. The molecule has 0 atom stereocenters. The molecule has 5 rings (SSSR count). The summed E-state index contributed by atoms with van der Waals surface area (Å²) in [6.07, 6.45) is -2.96. The van der Waals surface area contributed by atoms with Crippen LogP contribution in [0.15, 0.2) is 59.6 Å². The smallest absolute Gasteiger partial charge is 0.379 e. The maximum absolute atomic E-state index is 13.0. The molecule has 4 aromatic rings. The van der Waals surface area contributed by atoms with Crippen LogP contribution in [0.2, 0.25) is 0 Å². The number of aryl methyl sites for hydroxylation is 1. The number of anilines is 2. The van der Waals surface area contributed by atoms with E-state index >= 15 is 0 Å². The number of benzene rings is 2. The molecule has 0 aliphatic carbocycles. The van der Waals surface area contributed by atoms with Crippen LogP contribution in [0.25, 0.3) is 22.3 Å². The summed E-state index contributed by atoms with van der Waals surface area (Å²) >= 11 is 0. The van der Waals surface area contributed by atoms with Gasteiger partial charge in [0, 0.05) is 50.7 Å². The molecule has 2 aromatic heterocycles. The maximum Gasteiger partial charge on any atom is 0.416 e. The van der Waals surface area contributed by atoms with Gasteiger partial charge in [0.2, 0.25) is 5.95 Å². The van der Waals surface area contributed by atoms with Crippen LogP contribution < -0.4 is 10.0 Å². The molecule has 0 radical (unpaired) electrons. The minimum Gasteiger partial charge on any atom is -0.379 e. The van der Waals surface area contributed by atoms with Gasteiger partial charge in [0.25, 0.3) is 10.0 Å². The number of halogens is 3. The molecule has 0 amide bonds. The minimum atomic E-state index is -4.65. The second-order valence-electron chi connectivity index (χ2n) is 8.99. The molecule has 2 N–H and O–H groups in total. The fraction of sp³-hybridized carbons (Fsp3) is 0.320. The van der Waals surface area contributed by atoms with Gasteiger partial charge in [-0.1, -0.05) is 18.2 Å². The van der Waals surface area contributed by atoms with Crippen molar-refractivity contribution in [2.45, 2.75) is 11.1 Å². The number of ether oxygens (including phenoxy) is 1. The van der Waals surface area contributed by atoms with E-state index < -0.39 is 26.7 Å². The van der Waals surface area contributed by atoms with Crippen molar-refractivity contribution in [2.24, 2.45) is 7.05 Å². The summed E-state index contributed by atoms with van der Waals surface area (Å²) in [6, 6.07) is 9.95. The molecular weight excluding hydrogens is 535 g/mol. The molecule has 1 fully saturated rings. The number of sulfonamides is 1. The molecule has 0 bridgehead atoms. The fourth-order valence-corrected chi connectivity index (χ4v) is 5.34. The summed E-state index contributed by atoms with van der Waals surface area (Å²) in [5, 5.41) is 8.52. The van der Waals surface area contributed by atoms with Gasteiger partial charge < -0.3 is 10.1 Å². The van der Waals surface area contributed by atoms with E-state index in [-0.39, 0.29) is 5.69 Å². The van der Waals surface area contributed by atoms with Crippen LogP contribution in [-0.4, -0.2) is 72.5 Å². The van der Waals surface area contributed by atoms with Crippen molar-refractivity contribution in [3.05, 3.63) is 60.3 Å². The van der Waals surface area contributed by atoms with Gasteiger partial charge in [0.1, 0.15) is 5.69 Å². The summed E-state index contributed by atoms with van der Waals surface area (Å²) in [5.74, 6) is 0.490. The zero-order valence-corrected chi connectivity index (χ0v) is 21.8. The highest BCUT2D eigenvalue weighted by Crippen LogP contribution is 2.31. The Kier molecular flexibility index (Phi) is 7.42. The van der Waals surface area contributed by atoms with E-state index in [0.717, 1.165) is 51.0 Å². The lowest BCUT2D eigenvalue weighted by molar-refractivity contribution is -0.137. The number of fused-ring (bicyclic) bond motifs is 1. The van der Waals surface area contributed by atoms with E-state index in [2.05, 4.69) is 30.0 Å². The Bertz CT molecular complexity index is 1570. The van der Waals surface area contributed by atoms with Crippen LogP contribution in [0, 0.1) is 0 Å². The highest BCUT2D eigenvalue weighted by Gasteiger charge is 2.31. The number of hydrogen-bond donors (Lipinski definition) is 2. The summed E-state index contributed by atoms with van der Waals surface area (Å²) in [7, 11) is -2.46. The molecule has 14 heteroatoms. The predicted molar refractivity (Wildman–Crippen MR) is 140 cm³/mol. The molecule has 0 saturated carbocycles. The Morgan fingerprint density at radius 2 is 1.82 bits per heavy atom. The van der Waals surface area contributed by atoms with Crippen LogP contribution in [0.3, 0.4) is 0 Å². The third-order valence-electron chi connectivity index (χ3n) is 6.28. The fourth-order valence-electron chi connectivity index (χ4n) is 4.24. The third kappa shape index (κ3) is 6.13. The Morgan fingerprint density at radius 3 is 2.54 bits per heavy atom. The van der Waals surface area contributed by atoms with E-state index in [4.69, 9.17) is 4.74 Å². The van der Waals surface area contributed by atoms with Crippen molar-refractivity contribution in [1.82, 2.24) is 24.6 Å². The van der Waals surface area contributed by atoms with Gasteiger partial charge in [-0.25, -0.2) is 18.1 Å². The van der Waals surface area contributed by atoms with Gasteiger partial charge in [-0.3, -0.25) is 9.62 Å². The molecule has 1 aliphatic rings. The molecule has 39 heavy (non-hydrogen) atoms. The van der Waals surface area contributed by atoms with Crippen molar-refractivity contribution in [3.8, 4) is 11.3 Å². The summed E-state index contributed by atoms with van der Waals surface area (Å²) in [4.78, 5) is 10.8. The van der Waals surface area contributed by atoms with Crippen LogP contribution >= 0.6 is 0 Å². The lowest BCUT2D eigenvalue weighted by Crippen LogP contribution is -2.39. The molecule has 10 nitrogen and oxygen atoms in total. The van der Waals surface area contributed by atoms with Crippen molar-refractivity contribution in [1.29, 1.82) is 0 Å². The van der Waals surface area contributed by atoms with Gasteiger partial charge in [0.05, 0.1) is 29.1 Å². The molecular formula is C25H26F3N7O3S. The van der Waals surface area contributed by atoms with Crippen molar-refractivity contribution < 1.29 is 26.3 Å². The van der Waals surface area contributed by atoms with Crippen molar-refractivity contribution >= 4 is 32.7 Å². The van der Waals surface area contributed by atoms with Gasteiger partial charge >= 0.3 is 6.18 Å². The van der Waals surface area contributed by atoms with Gasteiger partial charge in [0.15, 0.2) is 5.65 Å². The Hall–Kier alpha value is -3.75. The molecule has 0 spiro atoms. The third-order valence-corrected chi connectivity index (χ3v) is 7.66. The first-order chi connectivity index (χ1) is 18.6. The number of nitrogens with zero attached hydrogens (tertiary/aromatic N) is 5. The first-order valence-corrected chi connectivity index (χ1v) is 13.6. The summed E-state index contributed by atoms with van der Waals surface area (Å²) < 4.78 is 73.7. The first kappa shape index (κ1) is 26.8. The van der Waals surface area contributed by atoms with Crippen LogP contribution in [-0.2, 0) is 28.0 Å². The second kappa shape index (κ2) is 10.8. The number of rotatable bonds is 8. The predicted octanol–water partition coefficient (Wildman–Crippen LogP) is 3.59. The minimum absolute atomic E-state index is 0.194. The summed E-state index contributed by atoms with van der Waals surface area (Å²) in [5.41, 5.74) is 1.09. The molecule has 2 aromatic carbocycles. The average Bonchev–Trinajstić information content (AvgIpc) is 3.25. The van der Waals surface area contributed by atoms with Crippen LogP contribution in [0.4, 0.5) is 24.8 Å². The molecule has 1 aliphatic heterocycles. The maximum atomic E-state index is 13.0. The first-order valence-electron chi connectivity index (χ1n) is 12.1.